The standard InChI is InChI=1S/C39H24/c1-2-10-26-22-35-27(21-25(26)9-1)13-7-16-33(35)36-19-18-34-31-15-6-4-12-29(31)24-38(34)39(36)20-8-17-32-30-14-5-3-11-28(30)23-37(32)39/h1-24H. The molecule has 4 aliphatic carbocycles. The minimum atomic E-state index is -0.383. The summed E-state index contributed by atoms with van der Waals surface area (Å²) in [7, 11) is 0. The van der Waals surface area contributed by atoms with Crippen LogP contribution < -0.4 is 0 Å². The molecule has 1 spiro atoms. The molecular weight excluding hydrogens is 468 g/mol. The van der Waals surface area contributed by atoms with E-state index in [9.17, 15) is 0 Å². The Morgan fingerprint density at radius 1 is 0.436 bits per heavy atom. The predicted molar refractivity (Wildman–Crippen MR) is 166 cm³/mol. The average molecular weight is 493 g/mol. The van der Waals surface area contributed by atoms with E-state index >= 15 is 0 Å². The summed E-state index contributed by atoms with van der Waals surface area (Å²) in [4.78, 5) is 0. The highest BCUT2D eigenvalue weighted by atomic mass is 14.5. The van der Waals surface area contributed by atoms with Crippen LogP contribution in [-0.2, 0) is 0 Å². The fourth-order valence-electron chi connectivity index (χ4n) is 7.30. The van der Waals surface area contributed by atoms with Gasteiger partial charge in [0.05, 0.1) is 5.41 Å². The Hall–Kier alpha value is -4.94. The lowest BCUT2D eigenvalue weighted by Crippen LogP contribution is -2.28. The van der Waals surface area contributed by atoms with Gasteiger partial charge in [-0.1, -0.05) is 121 Å². The summed E-state index contributed by atoms with van der Waals surface area (Å²) in [5.74, 6) is 0. The highest BCUT2D eigenvalue weighted by Crippen LogP contribution is 2.63. The van der Waals surface area contributed by atoms with Crippen LogP contribution >= 0.6 is 0 Å². The lowest BCUT2D eigenvalue weighted by atomic mass is 9.59. The molecule has 0 nitrogen and oxygen atoms in total. The van der Waals surface area contributed by atoms with E-state index in [0.29, 0.717) is 0 Å². The highest BCUT2D eigenvalue weighted by Gasteiger charge is 2.48. The van der Waals surface area contributed by atoms with Crippen LogP contribution in [0.1, 0.15) is 27.8 Å². The van der Waals surface area contributed by atoms with E-state index < -0.39 is 0 Å². The molecule has 0 saturated carbocycles. The molecule has 0 aliphatic heterocycles. The second kappa shape index (κ2) is 7.56. The van der Waals surface area contributed by atoms with E-state index in [2.05, 4.69) is 146 Å². The molecule has 9 rings (SSSR count). The Kier molecular flexibility index (Phi) is 4.08. The number of hydrogen-bond acceptors (Lipinski definition) is 0. The largest absolute Gasteiger partial charge is 0.0653 e. The molecule has 1 unspecified atom stereocenters. The first kappa shape index (κ1) is 21.0. The number of hydrogen-bond donors (Lipinski definition) is 0. The molecule has 0 radical (unpaired) electrons. The van der Waals surface area contributed by atoms with Crippen molar-refractivity contribution in [1.29, 1.82) is 0 Å². The van der Waals surface area contributed by atoms with Gasteiger partial charge in [-0.15, -0.1) is 0 Å². The lowest BCUT2D eigenvalue weighted by molar-refractivity contribution is 0.780. The highest BCUT2D eigenvalue weighted by molar-refractivity contribution is 6.13. The number of benzene rings is 5. The summed E-state index contributed by atoms with van der Waals surface area (Å²) in [5, 5.41) is 5.14. The van der Waals surface area contributed by atoms with Crippen molar-refractivity contribution in [2.45, 2.75) is 0 Å². The molecule has 0 amide bonds. The Bertz CT molecular complexity index is 2080. The monoisotopic (exact) mass is 492 g/mol. The van der Waals surface area contributed by atoms with Crippen LogP contribution in [0.25, 0.3) is 50.4 Å². The van der Waals surface area contributed by atoms with Crippen molar-refractivity contribution < 1.29 is 0 Å². The van der Waals surface area contributed by atoms with Gasteiger partial charge in [-0.3, -0.25) is 0 Å². The van der Waals surface area contributed by atoms with Crippen molar-refractivity contribution in [3.63, 3.8) is 0 Å². The summed E-state index contributed by atoms with van der Waals surface area (Å²) >= 11 is 0. The maximum atomic E-state index is 2.45. The normalized spacial score (nSPS) is 20.1. The first-order chi connectivity index (χ1) is 19.3. The lowest BCUT2D eigenvalue weighted by Gasteiger charge is -2.42. The van der Waals surface area contributed by atoms with Gasteiger partial charge in [0.1, 0.15) is 0 Å². The van der Waals surface area contributed by atoms with Gasteiger partial charge in [0.25, 0.3) is 0 Å². The predicted octanol–water partition coefficient (Wildman–Crippen LogP) is 9.91. The Labute approximate surface area is 227 Å². The topological polar surface area (TPSA) is 0 Å². The molecule has 180 valence electrons. The van der Waals surface area contributed by atoms with Crippen LogP contribution in [0, 0.1) is 5.41 Å². The SMILES string of the molecule is C1=CC2(C3=Cc4ccccc4C3=C1)C1=Cc3ccccc3C1=CC=C2c1cccc2cc3ccccc3cc12. The number of fused-ring (bicyclic) bond motifs is 10. The van der Waals surface area contributed by atoms with Gasteiger partial charge in [-0.25, -0.2) is 0 Å². The van der Waals surface area contributed by atoms with Crippen molar-refractivity contribution in [2.75, 3.05) is 0 Å². The van der Waals surface area contributed by atoms with E-state index in [0.717, 1.165) is 0 Å². The molecule has 39 heavy (non-hydrogen) atoms. The summed E-state index contributed by atoms with van der Waals surface area (Å²) in [6.45, 7) is 0. The average Bonchev–Trinajstić information content (AvgIpc) is 3.56. The molecule has 1 atom stereocenters. The summed E-state index contributed by atoms with van der Waals surface area (Å²) in [6, 6.07) is 37.8. The van der Waals surface area contributed by atoms with Crippen LogP contribution in [0.3, 0.4) is 0 Å². The molecule has 0 heterocycles. The third-order valence-electron chi connectivity index (χ3n) is 9.02. The molecule has 0 fully saturated rings. The molecule has 0 N–H and O–H groups in total. The van der Waals surface area contributed by atoms with Gasteiger partial charge in [-0.2, -0.15) is 0 Å². The summed E-state index contributed by atoms with van der Waals surface area (Å²) in [5.41, 5.74) is 12.9. The molecule has 5 aromatic rings. The van der Waals surface area contributed by atoms with Gasteiger partial charge in [0.15, 0.2) is 0 Å². The van der Waals surface area contributed by atoms with Crippen molar-refractivity contribution >= 4 is 50.4 Å². The van der Waals surface area contributed by atoms with Gasteiger partial charge in [-0.05, 0) is 102 Å². The quantitative estimate of drug-likeness (QED) is 0.204. The first-order valence-electron chi connectivity index (χ1n) is 13.7. The van der Waals surface area contributed by atoms with E-state index in [1.54, 1.807) is 0 Å². The smallest absolute Gasteiger partial charge is 0.0651 e. The van der Waals surface area contributed by atoms with Gasteiger partial charge in [0.2, 0.25) is 0 Å². The molecule has 0 aromatic heterocycles. The third-order valence-corrected chi connectivity index (χ3v) is 9.02. The first-order valence-corrected chi connectivity index (χ1v) is 13.7. The van der Waals surface area contributed by atoms with Crippen LogP contribution in [0.4, 0.5) is 0 Å². The van der Waals surface area contributed by atoms with Gasteiger partial charge >= 0.3 is 0 Å². The molecule has 5 aromatic carbocycles. The fourth-order valence-corrected chi connectivity index (χ4v) is 7.30. The maximum absolute atomic E-state index is 2.45. The molecule has 0 bridgehead atoms. The van der Waals surface area contributed by atoms with Crippen molar-refractivity contribution in [2.24, 2.45) is 5.41 Å². The zero-order valence-corrected chi connectivity index (χ0v) is 21.4. The molecule has 0 saturated heterocycles. The van der Waals surface area contributed by atoms with Crippen molar-refractivity contribution in [1.82, 2.24) is 0 Å². The maximum Gasteiger partial charge on any atom is 0.0653 e. The minimum absolute atomic E-state index is 0.383. The Morgan fingerprint density at radius 2 is 1.03 bits per heavy atom. The molecule has 0 heteroatoms. The summed E-state index contributed by atoms with van der Waals surface area (Å²) in [6.07, 6.45) is 16.7. The van der Waals surface area contributed by atoms with Crippen LogP contribution in [0.15, 0.2) is 145 Å². The minimum Gasteiger partial charge on any atom is -0.0651 e. The second-order valence-corrected chi connectivity index (χ2v) is 10.9. The summed E-state index contributed by atoms with van der Waals surface area (Å²) < 4.78 is 0. The van der Waals surface area contributed by atoms with Gasteiger partial charge < -0.3 is 0 Å². The second-order valence-electron chi connectivity index (χ2n) is 10.9. The van der Waals surface area contributed by atoms with E-state index in [4.69, 9.17) is 0 Å². The third kappa shape index (κ3) is 2.73. The van der Waals surface area contributed by atoms with Gasteiger partial charge in [0, 0.05) is 0 Å². The van der Waals surface area contributed by atoms with Crippen LogP contribution in [0.5, 0.6) is 0 Å². The van der Waals surface area contributed by atoms with E-state index in [1.165, 1.54) is 77.2 Å². The Morgan fingerprint density at radius 3 is 1.77 bits per heavy atom. The fraction of sp³-hybridized carbons (Fsp3) is 0.0256. The zero-order chi connectivity index (χ0) is 25.6. The number of allylic oxidation sites excluding steroid dienone is 10. The van der Waals surface area contributed by atoms with Crippen molar-refractivity contribution in [3.8, 4) is 0 Å². The van der Waals surface area contributed by atoms with E-state index in [1.807, 2.05) is 0 Å². The molecule has 4 aliphatic rings. The zero-order valence-electron chi connectivity index (χ0n) is 21.4. The Balaban J connectivity index is 1.37. The number of rotatable bonds is 1. The van der Waals surface area contributed by atoms with E-state index in [-0.39, 0.29) is 5.41 Å². The van der Waals surface area contributed by atoms with Crippen molar-refractivity contribution in [3.05, 3.63) is 172 Å². The van der Waals surface area contributed by atoms with Crippen LogP contribution in [-0.4, -0.2) is 0 Å². The molecular formula is C39H24. The van der Waals surface area contributed by atoms with Crippen LogP contribution in [0.2, 0.25) is 0 Å².